The fourth-order valence-corrected chi connectivity index (χ4v) is 5.01. The third-order valence-corrected chi connectivity index (χ3v) is 6.55. The predicted molar refractivity (Wildman–Crippen MR) is 104 cm³/mol. The summed E-state index contributed by atoms with van der Waals surface area (Å²) in [6.45, 7) is 4.09. The van der Waals surface area contributed by atoms with Crippen molar-refractivity contribution in [1.82, 2.24) is 10.2 Å². The summed E-state index contributed by atoms with van der Waals surface area (Å²) in [5, 5.41) is 6.01. The number of piperidine rings is 1. The first-order valence-electron chi connectivity index (χ1n) is 9.29. The van der Waals surface area contributed by atoms with Gasteiger partial charge in [0.1, 0.15) is 0 Å². The number of amides is 1. The van der Waals surface area contributed by atoms with E-state index in [1.807, 2.05) is 0 Å². The zero-order valence-corrected chi connectivity index (χ0v) is 15.3. The maximum Gasteiger partial charge on any atom is 0.254 e. The average Bonchev–Trinajstić information content (AvgIpc) is 3.25. The molecule has 2 aliphatic heterocycles. The Hall–Kier alpha value is -1.58. The minimum absolute atomic E-state index is 0. The van der Waals surface area contributed by atoms with Crippen LogP contribution in [0, 0.1) is 5.41 Å². The maximum atomic E-state index is 13.2. The van der Waals surface area contributed by atoms with Crippen molar-refractivity contribution in [2.45, 2.75) is 32.1 Å². The van der Waals surface area contributed by atoms with Crippen LogP contribution in [0.1, 0.15) is 40.7 Å². The molecule has 2 aromatic rings. The second-order valence-corrected chi connectivity index (χ2v) is 7.83. The summed E-state index contributed by atoms with van der Waals surface area (Å²) < 4.78 is 0. The van der Waals surface area contributed by atoms with Crippen LogP contribution in [-0.2, 0) is 12.8 Å². The number of rotatable bonds is 1. The third kappa shape index (κ3) is 2.65. The van der Waals surface area contributed by atoms with Crippen molar-refractivity contribution in [3.8, 4) is 0 Å². The molecule has 0 aromatic heterocycles. The molecule has 2 aromatic carbocycles. The number of nitrogens with one attached hydrogen (secondary N) is 1. The molecule has 0 atom stereocenters. The van der Waals surface area contributed by atoms with Crippen molar-refractivity contribution < 1.29 is 4.79 Å². The molecule has 0 saturated carbocycles. The standard InChI is InChI=1S/C21H24N2O.ClH/c24-20(23-12-9-21(10-13-23)8-11-22-14-21)18-7-6-16-5-4-15-2-1-3-17(18)19(15)16;/h1-3,6-7,22H,4-5,8-14H2;1H. The highest BCUT2D eigenvalue weighted by Gasteiger charge is 2.38. The van der Waals surface area contributed by atoms with Crippen molar-refractivity contribution in [3.05, 3.63) is 47.0 Å². The Kier molecular flexibility index (Phi) is 4.25. The molecule has 3 nitrogen and oxygen atoms in total. The van der Waals surface area contributed by atoms with E-state index in [2.05, 4.69) is 40.5 Å². The molecule has 0 radical (unpaired) electrons. The van der Waals surface area contributed by atoms with Gasteiger partial charge in [-0.2, -0.15) is 0 Å². The van der Waals surface area contributed by atoms with Crippen LogP contribution < -0.4 is 5.32 Å². The molecule has 1 N–H and O–H groups in total. The number of carbonyl (C=O) groups is 1. The summed E-state index contributed by atoms with van der Waals surface area (Å²) in [4.78, 5) is 15.3. The Balaban J connectivity index is 0.00000157. The lowest BCUT2D eigenvalue weighted by molar-refractivity contribution is 0.0609. The quantitative estimate of drug-likeness (QED) is 0.847. The van der Waals surface area contributed by atoms with Gasteiger partial charge in [-0.05, 0) is 72.0 Å². The summed E-state index contributed by atoms with van der Waals surface area (Å²) in [5.74, 6) is 0.228. The lowest BCUT2D eigenvalue weighted by atomic mass is 9.77. The molecule has 0 unspecified atom stereocenters. The lowest BCUT2D eigenvalue weighted by Crippen LogP contribution is -2.44. The molecular formula is C21H25ClN2O. The van der Waals surface area contributed by atoms with Crippen LogP contribution in [0.25, 0.3) is 10.8 Å². The summed E-state index contributed by atoms with van der Waals surface area (Å²) >= 11 is 0. The molecule has 132 valence electrons. The number of hydrogen-bond donors (Lipinski definition) is 1. The number of benzene rings is 2. The van der Waals surface area contributed by atoms with Crippen LogP contribution in [0.3, 0.4) is 0 Å². The van der Waals surface area contributed by atoms with Gasteiger partial charge >= 0.3 is 0 Å². The van der Waals surface area contributed by atoms with E-state index < -0.39 is 0 Å². The first-order valence-corrected chi connectivity index (χ1v) is 9.29. The van der Waals surface area contributed by atoms with E-state index in [1.54, 1.807) is 0 Å². The van der Waals surface area contributed by atoms with Crippen molar-refractivity contribution in [1.29, 1.82) is 0 Å². The number of aryl methyl sites for hydroxylation is 2. The smallest absolute Gasteiger partial charge is 0.254 e. The number of nitrogens with zero attached hydrogens (tertiary/aromatic N) is 1. The van der Waals surface area contributed by atoms with E-state index >= 15 is 0 Å². The molecule has 1 amide bonds. The topological polar surface area (TPSA) is 32.3 Å². The van der Waals surface area contributed by atoms with Crippen LogP contribution in [0.4, 0.5) is 0 Å². The van der Waals surface area contributed by atoms with Crippen molar-refractivity contribution >= 4 is 29.1 Å². The molecule has 2 heterocycles. The largest absolute Gasteiger partial charge is 0.339 e. The lowest BCUT2D eigenvalue weighted by Gasteiger charge is -2.39. The second-order valence-electron chi connectivity index (χ2n) is 7.83. The number of hydrogen-bond acceptors (Lipinski definition) is 2. The Morgan fingerprint density at radius 2 is 1.76 bits per heavy atom. The zero-order chi connectivity index (χ0) is 16.1. The minimum Gasteiger partial charge on any atom is -0.339 e. The van der Waals surface area contributed by atoms with Crippen LogP contribution in [0.2, 0.25) is 0 Å². The Labute approximate surface area is 155 Å². The highest BCUT2D eigenvalue weighted by Crippen LogP contribution is 2.38. The van der Waals surface area contributed by atoms with E-state index in [1.165, 1.54) is 22.9 Å². The third-order valence-electron chi connectivity index (χ3n) is 6.55. The van der Waals surface area contributed by atoms with Gasteiger partial charge in [-0.15, -0.1) is 12.4 Å². The normalized spacial score (nSPS) is 20.9. The fraction of sp³-hybridized carbons (Fsp3) is 0.476. The highest BCUT2D eigenvalue weighted by molar-refractivity contribution is 6.09. The highest BCUT2D eigenvalue weighted by atomic mass is 35.5. The van der Waals surface area contributed by atoms with E-state index in [-0.39, 0.29) is 18.3 Å². The van der Waals surface area contributed by atoms with Crippen LogP contribution in [-0.4, -0.2) is 37.0 Å². The van der Waals surface area contributed by atoms with E-state index in [4.69, 9.17) is 0 Å². The van der Waals surface area contributed by atoms with E-state index in [0.717, 1.165) is 62.8 Å². The van der Waals surface area contributed by atoms with Gasteiger partial charge in [-0.25, -0.2) is 0 Å². The molecule has 1 aliphatic carbocycles. The van der Waals surface area contributed by atoms with Crippen molar-refractivity contribution in [2.24, 2.45) is 5.41 Å². The molecule has 5 rings (SSSR count). The molecular weight excluding hydrogens is 332 g/mol. The van der Waals surface area contributed by atoms with Crippen LogP contribution >= 0.6 is 12.4 Å². The van der Waals surface area contributed by atoms with Gasteiger partial charge in [0.05, 0.1) is 0 Å². The molecule has 1 spiro atoms. The number of carbonyl (C=O) groups excluding carboxylic acids is 1. The molecule has 4 heteroatoms. The SMILES string of the molecule is Cl.O=C(c1ccc2c3c(cccc13)CC2)N1CCC2(CCNC2)CC1. The number of halogens is 1. The Bertz CT molecular complexity index is 806. The average molecular weight is 357 g/mol. The number of likely N-dealkylation sites (tertiary alicyclic amines) is 1. The summed E-state index contributed by atoms with van der Waals surface area (Å²) in [6, 6.07) is 10.7. The van der Waals surface area contributed by atoms with Gasteiger partial charge < -0.3 is 10.2 Å². The Morgan fingerprint density at radius 3 is 2.48 bits per heavy atom. The predicted octanol–water partition coefficient (Wildman–Crippen LogP) is 3.58. The monoisotopic (exact) mass is 356 g/mol. The summed E-state index contributed by atoms with van der Waals surface area (Å²) in [7, 11) is 0. The Morgan fingerprint density at radius 1 is 1.00 bits per heavy atom. The van der Waals surface area contributed by atoms with Crippen molar-refractivity contribution in [2.75, 3.05) is 26.2 Å². The van der Waals surface area contributed by atoms with Gasteiger partial charge in [-0.3, -0.25) is 4.79 Å². The molecule has 2 saturated heterocycles. The summed E-state index contributed by atoms with van der Waals surface area (Å²) in [6.07, 6.45) is 5.79. The minimum atomic E-state index is 0. The van der Waals surface area contributed by atoms with Gasteiger partial charge in [0.15, 0.2) is 0 Å². The van der Waals surface area contributed by atoms with E-state index in [9.17, 15) is 4.79 Å². The van der Waals surface area contributed by atoms with Gasteiger partial charge in [-0.1, -0.05) is 24.3 Å². The van der Waals surface area contributed by atoms with Gasteiger partial charge in [0.25, 0.3) is 5.91 Å². The first-order chi connectivity index (χ1) is 11.8. The van der Waals surface area contributed by atoms with Crippen molar-refractivity contribution in [3.63, 3.8) is 0 Å². The zero-order valence-electron chi connectivity index (χ0n) is 14.5. The van der Waals surface area contributed by atoms with Crippen LogP contribution in [0.15, 0.2) is 30.3 Å². The van der Waals surface area contributed by atoms with Gasteiger partial charge in [0, 0.05) is 25.2 Å². The van der Waals surface area contributed by atoms with Crippen LogP contribution in [0.5, 0.6) is 0 Å². The molecule has 25 heavy (non-hydrogen) atoms. The fourth-order valence-electron chi connectivity index (χ4n) is 5.01. The maximum absolute atomic E-state index is 13.2. The molecule has 2 fully saturated rings. The van der Waals surface area contributed by atoms with Gasteiger partial charge in [0.2, 0.25) is 0 Å². The first kappa shape index (κ1) is 16.9. The second kappa shape index (κ2) is 6.30. The van der Waals surface area contributed by atoms with E-state index in [0.29, 0.717) is 5.41 Å². The molecule has 0 bridgehead atoms. The summed E-state index contributed by atoms with van der Waals surface area (Å²) in [5.41, 5.74) is 4.18. The molecule has 3 aliphatic rings.